The zero-order chi connectivity index (χ0) is 14.2. The number of benzene rings is 1. The quantitative estimate of drug-likeness (QED) is 0.890. The highest BCUT2D eigenvalue weighted by atomic mass is 32.1. The number of carboxylic acid groups (broad SMARTS) is 1. The van der Waals surface area contributed by atoms with Gasteiger partial charge in [-0.2, -0.15) is 13.2 Å². The summed E-state index contributed by atoms with van der Waals surface area (Å²) in [4.78, 5) is 25.4. The van der Waals surface area contributed by atoms with Crippen molar-refractivity contribution in [3.05, 3.63) is 23.8 Å². The number of carbonyl (C=O) groups is 2. The third-order valence-corrected chi connectivity index (χ3v) is 3.14. The van der Waals surface area contributed by atoms with Crippen LogP contribution in [-0.4, -0.2) is 28.1 Å². The van der Waals surface area contributed by atoms with E-state index in [4.69, 9.17) is 5.11 Å². The maximum Gasteiger partial charge on any atom is 0.471 e. The van der Waals surface area contributed by atoms with Crippen molar-refractivity contribution in [2.75, 3.05) is 5.32 Å². The number of aromatic nitrogens is 1. The van der Waals surface area contributed by atoms with E-state index in [1.165, 1.54) is 18.2 Å². The molecule has 2 rings (SSSR count). The van der Waals surface area contributed by atoms with E-state index in [0.29, 0.717) is 11.3 Å². The first-order valence-corrected chi connectivity index (χ1v) is 5.61. The van der Waals surface area contributed by atoms with Gasteiger partial charge in [0.1, 0.15) is 0 Å². The number of carbonyl (C=O) groups excluding carboxylic acids is 1. The van der Waals surface area contributed by atoms with Crippen LogP contribution in [0.15, 0.2) is 18.2 Å². The minimum Gasteiger partial charge on any atom is -0.478 e. The molecule has 1 aromatic carbocycles. The second-order valence-electron chi connectivity index (χ2n) is 3.43. The van der Waals surface area contributed by atoms with E-state index >= 15 is 0 Å². The lowest BCUT2D eigenvalue weighted by atomic mass is 10.2. The number of alkyl halides is 3. The molecule has 0 saturated heterocycles. The molecular formula is C10H5F3N2O3S. The van der Waals surface area contributed by atoms with Crippen molar-refractivity contribution in [1.29, 1.82) is 0 Å². The Balaban J connectivity index is 2.40. The Morgan fingerprint density at radius 3 is 2.58 bits per heavy atom. The van der Waals surface area contributed by atoms with Crippen LogP contribution in [0.4, 0.5) is 18.3 Å². The summed E-state index contributed by atoms with van der Waals surface area (Å²) in [6, 6.07) is 4.17. The zero-order valence-corrected chi connectivity index (χ0v) is 9.80. The van der Waals surface area contributed by atoms with Crippen molar-refractivity contribution in [3.8, 4) is 0 Å². The molecule has 0 atom stereocenters. The van der Waals surface area contributed by atoms with Gasteiger partial charge in [0.15, 0.2) is 5.13 Å². The largest absolute Gasteiger partial charge is 0.478 e. The number of thiazole rings is 1. The van der Waals surface area contributed by atoms with Crippen LogP contribution in [0.3, 0.4) is 0 Å². The van der Waals surface area contributed by atoms with Crippen LogP contribution in [0.5, 0.6) is 0 Å². The third-order valence-electron chi connectivity index (χ3n) is 2.12. The summed E-state index contributed by atoms with van der Waals surface area (Å²) in [6.07, 6.45) is -5.02. The Kier molecular flexibility index (Phi) is 3.14. The fraction of sp³-hybridized carbons (Fsp3) is 0.100. The van der Waals surface area contributed by atoms with Crippen molar-refractivity contribution in [3.63, 3.8) is 0 Å². The predicted molar refractivity (Wildman–Crippen MR) is 61.3 cm³/mol. The molecule has 0 unspecified atom stereocenters. The lowest BCUT2D eigenvalue weighted by Gasteiger charge is -2.03. The zero-order valence-electron chi connectivity index (χ0n) is 8.99. The Bertz CT molecular complexity index is 666. The molecule has 100 valence electrons. The lowest BCUT2D eigenvalue weighted by molar-refractivity contribution is -0.167. The second kappa shape index (κ2) is 4.50. The standard InChI is InChI=1S/C10H5F3N2O3S/c11-10(12,13)8(18)15-9-14-5-3-1-2-4(7(16)17)6(5)19-9/h1-3H,(H,16,17)(H,14,15,18). The fourth-order valence-corrected chi connectivity index (χ4v) is 2.30. The monoisotopic (exact) mass is 290 g/mol. The van der Waals surface area contributed by atoms with Crippen LogP contribution in [0.1, 0.15) is 10.4 Å². The van der Waals surface area contributed by atoms with Crippen LogP contribution in [0, 0.1) is 0 Å². The van der Waals surface area contributed by atoms with Gasteiger partial charge < -0.3 is 5.11 Å². The first-order chi connectivity index (χ1) is 8.79. The number of hydrogen-bond acceptors (Lipinski definition) is 4. The average Bonchev–Trinajstić information content (AvgIpc) is 2.68. The van der Waals surface area contributed by atoms with Crippen LogP contribution in [-0.2, 0) is 4.79 Å². The number of anilines is 1. The van der Waals surface area contributed by atoms with E-state index in [1.807, 2.05) is 0 Å². The molecule has 0 aliphatic carbocycles. The highest BCUT2D eigenvalue weighted by Gasteiger charge is 2.39. The molecule has 0 spiro atoms. The molecule has 1 heterocycles. The van der Waals surface area contributed by atoms with Crippen molar-refractivity contribution in [2.45, 2.75) is 6.18 Å². The van der Waals surface area contributed by atoms with E-state index in [-0.39, 0.29) is 20.9 Å². The smallest absolute Gasteiger partial charge is 0.471 e. The van der Waals surface area contributed by atoms with Gasteiger partial charge in [0, 0.05) is 0 Å². The highest BCUT2D eigenvalue weighted by molar-refractivity contribution is 7.22. The summed E-state index contributed by atoms with van der Waals surface area (Å²) in [5, 5.41) is 10.2. The van der Waals surface area contributed by atoms with E-state index in [9.17, 15) is 22.8 Å². The van der Waals surface area contributed by atoms with Gasteiger partial charge >= 0.3 is 18.1 Å². The van der Waals surface area contributed by atoms with Gasteiger partial charge in [-0.05, 0) is 12.1 Å². The van der Waals surface area contributed by atoms with Gasteiger partial charge in [0.05, 0.1) is 15.8 Å². The predicted octanol–water partition coefficient (Wildman–Crippen LogP) is 2.50. The number of nitrogens with zero attached hydrogens (tertiary/aromatic N) is 1. The second-order valence-corrected chi connectivity index (χ2v) is 4.43. The Morgan fingerprint density at radius 2 is 2.00 bits per heavy atom. The fourth-order valence-electron chi connectivity index (χ4n) is 1.34. The molecule has 0 saturated carbocycles. The summed E-state index contributed by atoms with van der Waals surface area (Å²) < 4.78 is 36.4. The molecule has 0 bridgehead atoms. The molecule has 19 heavy (non-hydrogen) atoms. The van der Waals surface area contributed by atoms with Crippen molar-refractivity contribution in [2.24, 2.45) is 0 Å². The molecule has 0 aliphatic rings. The third kappa shape index (κ3) is 2.65. The van der Waals surface area contributed by atoms with Gasteiger partial charge in [0.25, 0.3) is 0 Å². The molecule has 0 aliphatic heterocycles. The molecule has 0 radical (unpaired) electrons. The summed E-state index contributed by atoms with van der Waals surface area (Å²) >= 11 is 0.673. The molecule has 9 heteroatoms. The van der Waals surface area contributed by atoms with Crippen LogP contribution < -0.4 is 5.32 Å². The molecular weight excluding hydrogens is 285 g/mol. The minimum atomic E-state index is -5.02. The summed E-state index contributed by atoms with van der Waals surface area (Å²) in [7, 11) is 0. The number of halogens is 3. The number of fused-ring (bicyclic) bond motifs is 1. The molecule has 5 nitrogen and oxygen atoms in total. The van der Waals surface area contributed by atoms with Gasteiger partial charge in [0.2, 0.25) is 0 Å². The van der Waals surface area contributed by atoms with Gasteiger partial charge in [-0.15, -0.1) is 0 Å². The molecule has 1 amide bonds. The summed E-state index contributed by atoms with van der Waals surface area (Å²) in [5.41, 5.74) is 0.130. The number of rotatable bonds is 2. The summed E-state index contributed by atoms with van der Waals surface area (Å²) in [5.74, 6) is -3.37. The van der Waals surface area contributed by atoms with Crippen LogP contribution in [0.2, 0.25) is 0 Å². The number of nitrogens with one attached hydrogen (secondary N) is 1. The van der Waals surface area contributed by atoms with E-state index in [2.05, 4.69) is 4.98 Å². The number of carboxylic acids is 1. The maximum absolute atomic E-state index is 12.1. The van der Waals surface area contributed by atoms with Gasteiger partial charge in [-0.1, -0.05) is 17.4 Å². The van der Waals surface area contributed by atoms with Crippen molar-refractivity contribution in [1.82, 2.24) is 4.98 Å². The van der Waals surface area contributed by atoms with Crippen molar-refractivity contribution < 1.29 is 27.9 Å². The first-order valence-electron chi connectivity index (χ1n) is 4.80. The number of hydrogen-bond donors (Lipinski definition) is 2. The van der Waals surface area contributed by atoms with Gasteiger partial charge in [-0.3, -0.25) is 10.1 Å². The van der Waals surface area contributed by atoms with E-state index in [0.717, 1.165) is 0 Å². The molecule has 1 aromatic heterocycles. The Labute approximate surface area is 107 Å². The number of amides is 1. The topological polar surface area (TPSA) is 79.3 Å². The minimum absolute atomic E-state index is 0.0810. The average molecular weight is 290 g/mol. The number of aromatic carboxylic acids is 1. The first kappa shape index (κ1) is 13.3. The van der Waals surface area contributed by atoms with E-state index in [1.54, 1.807) is 5.32 Å². The maximum atomic E-state index is 12.1. The van der Waals surface area contributed by atoms with Crippen molar-refractivity contribution >= 4 is 38.6 Å². The van der Waals surface area contributed by atoms with E-state index < -0.39 is 18.1 Å². The SMILES string of the molecule is O=C(O)c1cccc2nc(NC(=O)C(F)(F)F)sc12. The van der Waals surface area contributed by atoms with Crippen LogP contribution >= 0.6 is 11.3 Å². The van der Waals surface area contributed by atoms with Crippen LogP contribution in [0.25, 0.3) is 10.2 Å². The lowest BCUT2D eigenvalue weighted by Crippen LogP contribution is -2.29. The summed E-state index contributed by atoms with van der Waals surface area (Å²) in [6.45, 7) is 0. The Hall–Kier alpha value is -2.16. The molecule has 0 fully saturated rings. The molecule has 2 N–H and O–H groups in total. The van der Waals surface area contributed by atoms with Gasteiger partial charge in [-0.25, -0.2) is 9.78 Å². The molecule has 2 aromatic rings. The Morgan fingerprint density at radius 1 is 1.32 bits per heavy atom. The highest BCUT2D eigenvalue weighted by Crippen LogP contribution is 2.30. The normalized spacial score (nSPS) is 11.5.